The van der Waals surface area contributed by atoms with Gasteiger partial charge in [-0.2, -0.15) is 0 Å². The highest BCUT2D eigenvalue weighted by atomic mass is 79.9. The lowest BCUT2D eigenvalue weighted by atomic mass is 10.1. The van der Waals surface area contributed by atoms with E-state index < -0.39 is 15.8 Å². The number of benzene rings is 1. The Morgan fingerprint density at radius 2 is 2.21 bits per heavy atom. The number of nitrogens with one attached hydrogen (secondary N) is 2. The number of sulfonamides is 1. The molecule has 0 saturated heterocycles. The normalized spacial score (nSPS) is 16.2. The van der Waals surface area contributed by atoms with Crippen molar-refractivity contribution in [1.29, 1.82) is 0 Å². The lowest BCUT2D eigenvalue weighted by Crippen LogP contribution is -2.30. The van der Waals surface area contributed by atoms with Crippen LogP contribution in [0.3, 0.4) is 0 Å². The highest BCUT2D eigenvalue weighted by molar-refractivity contribution is 9.10. The molecule has 1 aromatic rings. The molecule has 0 bridgehead atoms. The van der Waals surface area contributed by atoms with Gasteiger partial charge in [0, 0.05) is 17.6 Å². The summed E-state index contributed by atoms with van der Waals surface area (Å²) in [5, 5.41) is 3.14. The summed E-state index contributed by atoms with van der Waals surface area (Å²) in [5.41, 5.74) is 1.01. The molecule has 0 aromatic heterocycles. The Morgan fingerprint density at radius 3 is 2.89 bits per heavy atom. The molecule has 19 heavy (non-hydrogen) atoms. The Morgan fingerprint density at radius 1 is 1.42 bits per heavy atom. The summed E-state index contributed by atoms with van der Waals surface area (Å²) in [6.07, 6.45) is 2.74. The second-order valence-electron chi connectivity index (χ2n) is 4.22. The lowest BCUT2D eigenvalue weighted by molar-refractivity contribution is 0.557. The van der Waals surface area contributed by atoms with Crippen LogP contribution in [0.15, 0.2) is 39.2 Å². The van der Waals surface area contributed by atoms with Crippen LogP contribution in [-0.2, 0) is 10.0 Å². The van der Waals surface area contributed by atoms with Gasteiger partial charge in [-0.25, -0.2) is 17.5 Å². The number of halogens is 2. The van der Waals surface area contributed by atoms with E-state index in [1.807, 2.05) is 6.08 Å². The summed E-state index contributed by atoms with van der Waals surface area (Å²) in [4.78, 5) is -0.337. The first kappa shape index (κ1) is 14.6. The van der Waals surface area contributed by atoms with E-state index >= 15 is 0 Å². The molecule has 0 fully saturated rings. The minimum atomic E-state index is -3.83. The zero-order valence-electron chi connectivity index (χ0n) is 10.1. The minimum Gasteiger partial charge on any atom is -0.313 e. The number of rotatable bonds is 4. The van der Waals surface area contributed by atoms with Gasteiger partial charge in [-0.3, -0.25) is 0 Å². The molecule has 0 atom stereocenters. The molecule has 2 N–H and O–H groups in total. The van der Waals surface area contributed by atoms with Crippen molar-refractivity contribution in [1.82, 2.24) is 10.0 Å². The van der Waals surface area contributed by atoms with E-state index in [1.54, 1.807) is 0 Å². The van der Waals surface area contributed by atoms with Crippen molar-refractivity contribution in [2.45, 2.75) is 11.3 Å². The largest absolute Gasteiger partial charge is 0.313 e. The maximum Gasteiger partial charge on any atom is 0.243 e. The smallest absolute Gasteiger partial charge is 0.243 e. The average molecular weight is 349 g/mol. The van der Waals surface area contributed by atoms with E-state index in [0.29, 0.717) is 4.47 Å². The van der Waals surface area contributed by atoms with Crippen LogP contribution in [0.5, 0.6) is 0 Å². The Labute approximate surface area is 120 Å². The molecule has 0 saturated carbocycles. The zero-order chi connectivity index (χ0) is 13.9. The Hall–Kier alpha value is -0.760. The van der Waals surface area contributed by atoms with E-state index in [9.17, 15) is 12.8 Å². The molecule has 0 spiro atoms. The summed E-state index contributed by atoms with van der Waals surface area (Å²) in [5.74, 6) is -0.755. The maximum absolute atomic E-state index is 13.6. The van der Waals surface area contributed by atoms with Gasteiger partial charge < -0.3 is 5.32 Å². The zero-order valence-corrected chi connectivity index (χ0v) is 12.5. The van der Waals surface area contributed by atoms with E-state index in [4.69, 9.17) is 0 Å². The van der Waals surface area contributed by atoms with Crippen molar-refractivity contribution in [2.24, 2.45) is 0 Å². The van der Waals surface area contributed by atoms with Gasteiger partial charge in [0.15, 0.2) is 0 Å². The van der Waals surface area contributed by atoms with Gasteiger partial charge >= 0.3 is 0 Å². The fraction of sp³-hybridized carbons (Fsp3) is 0.333. The van der Waals surface area contributed by atoms with E-state index in [2.05, 4.69) is 26.0 Å². The van der Waals surface area contributed by atoms with Crippen molar-refractivity contribution in [3.05, 3.63) is 40.1 Å². The third-order valence-electron chi connectivity index (χ3n) is 2.83. The molecule has 1 aromatic carbocycles. The van der Waals surface area contributed by atoms with Crippen molar-refractivity contribution < 1.29 is 12.8 Å². The number of hydrogen-bond acceptors (Lipinski definition) is 3. The first-order chi connectivity index (χ1) is 8.99. The van der Waals surface area contributed by atoms with E-state index in [-0.39, 0.29) is 11.4 Å². The molecule has 1 aliphatic rings. The van der Waals surface area contributed by atoms with Crippen LogP contribution < -0.4 is 10.0 Å². The summed E-state index contributed by atoms with van der Waals surface area (Å²) >= 11 is 3.14. The predicted octanol–water partition coefficient (Wildman–Crippen LogP) is 1.79. The molecule has 0 amide bonds. The van der Waals surface area contributed by atoms with Crippen LogP contribution >= 0.6 is 15.9 Å². The highest BCUT2D eigenvalue weighted by Gasteiger charge is 2.19. The second kappa shape index (κ2) is 6.13. The van der Waals surface area contributed by atoms with Crippen LogP contribution in [0.25, 0.3) is 0 Å². The molecule has 0 unspecified atom stereocenters. The first-order valence-corrected chi connectivity index (χ1v) is 8.10. The second-order valence-corrected chi connectivity index (χ2v) is 6.87. The highest BCUT2D eigenvalue weighted by Crippen LogP contribution is 2.20. The lowest BCUT2D eigenvalue weighted by Gasteiger charge is -2.15. The van der Waals surface area contributed by atoms with Gasteiger partial charge in [-0.15, -0.1) is 0 Å². The molecule has 2 rings (SSSR count). The van der Waals surface area contributed by atoms with Gasteiger partial charge in [0.05, 0.1) is 0 Å². The molecule has 0 aliphatic carbocycles. The fourth-order valence-corrected chi connectivity index (χ4v) is 3.43. The monoisotopic (exact) mass is 348 g/mol. The maximum atomic E-state index is 13.6. The van der Waals surface area contributed by atoms with Crippen LogP contribution in [0.1, 0.15) is 6.42 Å². The topological polar surface area (TPSA) is 58.2 Å². The molecule has 4 nitrogen and oxygen atoms in total. The summed E-state index contributed by atoms with van der Waals surface area (Å²) < 4.78 is 40.6. The van der Waals surface area contributed by atoms with E-state index in [1.165, 1.54) is 12.1 Å². The van der Waals surface area contributed by atoms with E-state index in [0.717, 1.165) is 31.1 Å². The molecule has 0 radical (unpaired) electrons. The average Bonchev–Trinajstić information content (AvgIpc) is 2.40. The van der Waals surface area contributed by atoms with Crippen LogP contribution in [0.2, 0.25) is 0 Å². The van der Waals surface area contributed by atoms with Crippen molar-refractivity contribution in [3.63, 3.8) is 0 Å². The van der Waals surface area contributed by atoms with Gasteiger partial charge in [-0.05, 0) is 31.2 Å². The van der Waals surface area contributed by atoms with Crippen molar-refractivity contribution in [3.8, 4) is 0 Å². The molecule has 1 heterocycles. The third kappa shape index (κ3) is 3.85. The molecule has 104 valence electrons. The molecular weight excluding hydrogens is 335 g/mol. The van der Waals surface area contributed by atoms with Gasteiger partial charge in [-0.1, -0.05) is 27.6 Å². The molecule has 1 aliphatic heterocycles. The van der Waals surface area contributed by atoms with Gasteiger partial charge in [0.2, 0.25) is 10.0 Å². The Balaban J connectivity index is 2.13. The number of hydrogen-bond donors (Lipinski definition) is 2. The summed E-state index contributed by atoms with van der Waals surface area (Å²) in [6, 6.07) is 3.85. The van der Waals surface area contributed by atoms with Crippen LogP contribution in [0, 0.1) is 5.82 Å². The summed E-state index contributed by atoms with van der Waals surface area (Å²) in [6.45, 7) is 1.79. The van der Waals surface area contributed by atoms with Crippen molar-refractivity contribution in [2.75, 3.05) is 19.6 Å². The predicted molar refractivity (Wildman–Crippen MR) is 74.9 cm³/mol. The Kier molecular flexibility index (Phi) is 4.72. The molecular formula is C12H14BrFN2O2S. The fourth-order valence-electron chi connectivity index (χ4n) is 1.78. The minimum absolute atomic E-state index is 0.218. The van der Waals surface area contributed by atoms with Crippen molar-refractivity contribution >= 4 is 26.0 Å². The first-order valence-electron chi connectivity index (χ1n) is 5.82. The Bertz CT molecular complexity index is 602. The molecule has 7 heteroatoms. The van der Waals surface area contributed by atoms with Gasteiger partial charge in [0.25, 0.3) is 0 Å². The quantitative estimate of drug-likeness (QED) is 0.815. The van der Waals surface area contributed by atoms with Gasteiger partial charge in [0.1, 0.15) is 10.7 Å². The standard InChI is InChI=1S/C12H14BrFN2O2S/c13-10-1-2-11(14)12(7-10)19(17,18)16-8-9-3-5-15-6-4-9/h1-3,7,15-16H,4-6,8H2. The third-order valence-corrected chi connectivity index (χ3v) is 4.74. The van der Waals surface area contributed by atoms with Crippen LogP contribution in [0.4, 0.5) is 4.39 Å². The SMILES string of the molecule is O=S(=O)(NCC1=CCNCC1)c1cc(Br)ccc1F. The summed E-state index contributed by atoms with van der Waals surface area (Å²) in [7, 11) is -3.83. The van der Waals surface area contributed by atoms with Crippen LogP contribution in [-0.4, -0.2) is 28.1 Å².